The number of rotatable bonds is 9. The van der Waals surface area contributed by atoms with Gasteiger partial charge in [-0.1, -0.05) is 29.8 Å². The molecule has 0 radical (unpaired) electrons. The molecule has 3 aromatic carbocycles. The van der Waals surface area contributed by atoms with Gasteiger partial charge in [-0.25, -0.2) is 4.98 Å². The summed E-state index contributed by atoms with van der Waals surface area (Å²) in [5.74, 6) is 1.78. The van der Waals surface area contributed by atoms with Crippen LogP contribution < -0.4 is 19.5 Å². The fraction of sp³-hybridized carbons (Fsp3) is 0.152. The number of anilines is 2. The minimum Gasteiger partial charge on any atom is -0.493 e. The van der Waals surface area contributed by atoms with Crippen LogP contribution in [0, 0.1) is 36.5 Å². The maximum Gasteiger partial charge on any atom is 0.249 e. The van der Waals surface area contributed by atoms with Crippen molar-refractivity contribution >= 4 is 28.7 Å². The Bertz CT molecular complexity index is 1850. The lowest BCUT2D eigenvalue weighted by Crippen LogP contribution is -2.05. The predicted molar refractivity (Wildman–Crippen MR) is 161 cm³/mol. The number of hydrogen-bond donors (Lipinski definition) is 1. The number of nitrogens with zero attached hydrogens (tertiary/aromatic N) is 5. The molecule has 2 heterocycles. The average molecular weight is 557 g/mol. The molecule has 9 heteroatoms. The fourth-order valence-electron chi connectivity index (χ4n) is 4.67. The van der Waals surface area contributed by atoms with E-state index in [4.69, 9.17) is 34.7 Å². The summed E-state index contributed by atoms with van der Waals surface area (Å²) in [5, 5.41) is 21.4. The maximum absolute atomic E-state index is 9.16. The Labute approximate surface area is 243 Å². The molecule has 0 saturated carbocycles. The van der Waals surface area contributed by atoms with E-state index in [1.165, 1.54) is 25.9 Å². The molecule has 42 heavy (non-hydrogen) atoms. The van der Waals surface area contributed by atoms with Crippen molar-refractivity contribution in [2.24, 2.45) is 0 Å². The van der Waals surface area contributed by atoms with E-state index in [2.05, 4.69) is 41.1 Å². The van der Waals surface area contributed by atoms with Crippen LogP contribution in [-0.4, -0.2) is 28.8 Å². The largest absolute Gasteiger partial charge is 0.493 e. The maximum atomic E-state index is 9.16. The highest BCUT2D eigenvalue weighted by atomic mass is 16.5. The number of allylic oxidation sites excluding steroid dienone is 1. The zero-order valence-electron chi connectivity index (χ0n) is 23.7. The molecule has 9 nitrogen and oxygen atoms in total. The zero-order valence-corrected chi connectivity index (χ0v) is 23.7. The Kier molecular flexibility index (Phi) is 8.03. The van der Waals surface area contributed by atoms with Gasteiger partial charge in [0.15, 0.2) is 11.5 Å². The quantitative estimate of drug-likeness (QED) is 0.192. The van der Waals surface area contributed by atoms with Crippen LogP contribution in [0.5, 0.6) is 23.1 Å². The second kappa shape index (κ2) is 12.2. The number of nitriles is 2. The zero-order chi connectivity index (χ0) is 29.6. The first-order chi connectivity index (χ1) is 20.4. The molecular weight excluding hydrogens is 528 g/mol. The smallest absolute Gasteiger partial charge is 0.249 e. The molecule has 0 unspecified atom stereocenters. The van der Waals surface area contributed by atoms with Crippen molar-refractivity contribution in [3.63, 3.8) is 0 Å². The molecule has 0 amide bonds. The van der Waals surface area contributed by atoms with E-state index >= 15 is 0 Å². The van der Waals surface area contributed by atoms with Gasteiger partial charge in [0.2, 0.25) is 17.6 Å². The second-order valence-electron chi connectivity index (χ2n) is 9.61. The molecule has 0 spiro atoms. The van der Waals surface area contributed by atoms with E-state index in [9.17, 15) is 0 Å². The number of ether oxygens (including phenoxy) is 3. The molecule has 0 aliphatic heterocycles. The van der Waals surface area contributed by atoms with Crippen molar-refractivity contribution in [1.82, 2.24) is 14.5 Å². The van der Waals surface area contributed by atoms with E-state index in [0.29, 0.717) is 52.3 Å². The molecule has 0 aliphatic carbocycles. The second-order valence-corrected chi connectivity index (χ2v) is 9.61. The number of methoxy groups -OCH3 is 2. The van der Waals surface area contributed by atoms with Gasteiger partial charge < -0.3 is 24.1 Å². The number of benzene rings is 3. The summed E-state index contributed by atoms with van der Waals surface area (Å²) in [6, 6.07) is 23.0. The van der Waals surface area contributed by atoms with E-state index < -0.39 is 0 Å². The van der Waals surface area contributed by atoms with Crippen molar-refractivity contribution < 1.29 is 14.2 Å². The number of nitrogens with one attached hydrogen (secondary N) is 1. The lowest BCUT2D eigenvalue weighted by Gasteiger charge is -2.17. The van der Waals surface area contributed by atoms with Crippen molar-refractivity contribution in [1.29, 1.82) is 10.5 Å². The lowest BCUT2D eigenvalue weighted by atomic mass is 10.1. The molecule has 0 saturated heterocycles. The van der Waals surface area contributed by atoms with E-state index in [1.54, 1.807) is 42.5 Å². The van der Waals surface area contributed by atoms with Crippen LogP contribution in [0.4, 0.5) is 11.6 Å². The van der Waals surface area contributed by atoms with Gasteiger partial charge in [-0.2, -0.15) is 15.5 Å². The molecule has 5 rings (SSSR count). The highest BCUT2D eigenvalue weighted by molar-refractivity contribution is 5.86. The van der Waals surface area contributed by atoms with Crippen molar-refractivity contribution in [2.45, 2.75) is 20.4 Å². The van der Waals surface area contributed by atoms with Gasteiger partial charge >= 0.3 is 0 Å². The van der Waals surface area contributed by atoms with E-state index in [-0.39, 0.29) is 0 Å². The van der Waals surface area contributed by atoms with Crippen LogP contribution in [-0.2, 0) is 6.54 Å². The molecule has 5 aromatic rings. The number of aromatic nitrogens is 3. The van der Waals surface area contributed by atoms with Crippen LogP contribution >= 0.6 is 0 Å². The SMILES string of the molecule is COc1cc(/C=C/C#N)cc(OC)c1Oc1nc(Nc2ccc(C#N)cc2)nc2c(C)cn(Cc3cccc(C)c3)c12. The molecule has 208 valence electrons. The van der Waals surface area contributed by atoms with Crippen LogP contribution in [0.3, 0.4) is 0 Å². The Balaban J connectivity index is 1.66. The first kappa shape index (κ1) is 27.8. The van der Waals surface area contributed by atoms with Gasteiger partial charge in [-0.3, -0.25) is 0 Å². The van der Waals surface area contributed by atoms with Crippen molar-refractivity contribution in [3.05, 3.63) is 101 Å². The summed E-state index contributed by atoms with van der Waals surface area (Å²) in [6.45, 7) is 4.64. The predicted octanol–water partition coefficient (Wildman–Crippen LogP) is 7.06. The third kappa shape index (κ3) is 5.86. The van der Waals surface area contributed by atoms with Crippen LogP contribution in [0.2, 0.25) is 0 Å². The van der Waals surface area contributed by atoms with Crippen molar-refractivity contribution in [2.75, 3.05) is 19.5 Å². The third-order valence-corrected chi connectivity index (χ3v) is 6.60. The van der Waals surface area contributed by atoms with Gasteiger partial charge in [-0.15, -0.1) is 0 Å². The summed E-state index contributed by atoms with van der Waals surface area (Å²) in [5.41, 5.74) is 6.66. The van der Waals surface area contributed by atoms with Gasteiger partial charge in [-0.05, 0) is 73.0 Å². The van der Waals surface area contributed by atoms with E-state index in [0.717, 1.165) is 22.3 Å². The number of hydrogen-bond acceptors (Lipinski definition) is 8. The van der Waals surface area contributed by atoms with Crippen LogP contribution in [0.25, 0.3) is 17.1 Å². The molecule has 0 atom stereocenters. The van der Waals surface area contributed by atoms with Gasteiger partial charge in [0, 0.05) is 24.5 Å². The third-order valence-electron chi connectivity index (χ3n) is 6.60. The highest BCUT2D eigenvalue weighted by Gasteiger charge is 2.22. The summed E-state index contributed by atoms with van der Waals surface area (Å²) in [6.07, 6.45) is 5.07. The topological polar surface area (TPSA) is 118 Å². The first-order valence-corrected chi connectivity index (χ1v) is 13.1. The van der Waals surface area contributed by atoms with Crippen LogP contribution in [0.1, 0.15) is 27.8 Å². The van der Waals surface area contributed by atoms with E-state index in [1.807, 2.05) is 25.3 Å². The normalized spacial score (nSPS) is 10.8. The highest BCUT2D eigenvalue weighted by Crippen LogP contribution is 2.43. The first-order valence-electron chi connectivity index (χ1n) is 13.1. The average Bonchev–Trinajstić information content (AvgIpc) is 3.31. The minimum atomic E-state index is 0.300. The molecule has 0 fully saturated rings. The monoisotopic (exact) mass is 556 g/mol. The summed E-state index contributed by atoms with van der Waals surface area (Å²) in [7, 11) is 3.08. The summed E-state index contributed by atoms with van der Waals surface area (Å²) >= 11 is 0. The number of fused-ring (bicyclic) bond motifs is 1. The summed E-state index contributed by atoms with van der Waals surface area (Å²) < 4.78 is 19.9. The Morgan fingerprint density at radius 1 is 0.952 bits per heavy atom. The molecule has 1 N–H and O–H groups in total. The lowest BCUT2D eigenvalue weighted by molar-refractivity contribution is 0.343. The minimum absolute atomic E-state index is 0.300. The summed E-state index contributed by atoms with van der Waals surface area (Å²) in [4.78, 5) is 9.63. The Morgan fingerprint density at radius 3 is 2.33 bits per heavy atom. The fourth-order valence-corrected chi connectivity index (χ4v) is 4.67. The molecule has 0 aliphatic rings. The van der Waals surface area contributed by atoms with Crippen molar-refractivity contribution in [3.8, 4) is 35.3 Å². The molecule has 0 bridgehead atoms. The van der Waals surface area contributed by atoms with Gasteiger partial charge in [0.25, 0.3) is 0 Å². The molecular formula is C33H28N6O3. The Hall–Kier alpha value is -5.80. The standard InChI is InChI=1S/C33H28N6O3/c1-21-7-5-8-25(15-21)20-39-19-22(2)29-30(39)32(38-33(37-29)36-26-12-10-23(18-35)11-13-26)42-31-27(40-3)16-24(9-6-14-34)17-28(31)41-4/h5-13,15-17,19H,20H2,1-4H3,(H,36,37,38)/b9-6+. The van der Waals surface area contributed by atoms with Gasteiger partial charge in [0.05, 0.1) is 31.9 Å². The molecule has 2 aromatic heterocycles. The van der Waals surface area contributed by atoms with Gasteiger partial charge in [0.1, 0.15) is 11.0 Å². The number of aryl methyl sites for hydroxylation is 2. The van der Waals surface area contributed by atoms with Crippen LogP contribution in [0.15, 0.2) is 72.9 Å². The Morgan fingerprint density at radius 2 is 1.69 bits per heavy atom.